The minimum Gasteiger partial charge on any atom is -0.467 e. The Kier molecular flexibility index (Phi) is 4.39. The van der Waals surface area contributed by atoms with Gasteiger partial charge in [0.1, 0.15) is 11.0 Å². The maximum Gasteiger partial charge on any atom is 0.274 e. The highest BCUT2D eigenvalue weighted by atomic mass is 32.1. The number of carbonyl (C=O) groups excluding carboxylic acids is 1. The number of thiazole rings is 1. The number of fused-ring (bicyclic) bond motifs is 1. The Morgan fingerprint density at radius 2 is 2.08 bits per heavy atom. The largest absolute Gasteiger partial charge is 0.467 e. The number of hydrogen-bond donors (Lipinski definition) is 0. The van der Waals surface area contributed by atoms with Crippen LogP contribution in [0.2, 0.25) is 0 Å². The first-order chi connectivity index (χ1) is 12.1. The van der Waals surface area contributed by atoms with Crippen LogP contribution in [0.15, 0.2) is 18.2 Å². The number of aryl methyl sites for hydroxylation is 2. The average Bonchev–Trinajstić information content (AvgIpc) is 3.21. The number of para-hydroxylation sites is 1. The van der Waals surface area contributed by atoms with Crippen LogP contribution in [0, 0.1) is 13.8 Å². The Hall–Kier alpha value is -2.06. The zero-order valence-corrected chi connectivity index (χ0v) is 15.7. The molecule has 0 N–H and O–H groups in total. The van der Waals surface area contributed by atoms with Gasteiger partial charge in [-0.1, -0.05) is 28.0 Å². The summed E-state index contributed by atoms with van der Waals surface area (Å²) in [7, 11) is 0. The van der Waals surface area contributed by atoms with Gasteiger partial charge in [0.2, 0.25) is 0 Å². The fourth-order valence-electron chi connectivity index (χ4n) is 3.01. The molecule has 25 heavy (non-hydrogen) atoms. The van der Waals surface area contributed by atoms with Gasteiger partial charge in [0.05, 0.1) is 15.9 Å². The smallest absolute Gasteiger partial charge is 0.274 e. The molecule has 1 amide bonds. The average molecular weight is 374 g/mol. The Labute approximate surface area is 153 Å². The second-order valence-corrected chi connectivity index (χ2v) is 7.95. The van der Waals surface area contributed by atoms with Gasteiger partial charge in [-0.25, -0.2) is 4.98 Å². The molecule has 0 spiro atoms. The number of aromatic nitrogens is 3. The first kappa shape index (κ1) is 16.4. The van der Waals surface area contributed by atoms with Crippen molar-refractivity contribution < 1.29 is 9.53 Å². The van der Waals surface area contributed by atoms with Gasteiger partial charge in [0, 0.05) is 25.9 Å². The number of piperidine rings is 1. The van der Waals surface area contributed by atoms with Crippen LogP contribution in [0.1, 0.15) is 33.8 Å². The molecule has 6 nitrogen and oxygen atoms in total. The molecular weight excluding hydrogens is 356 g/mol. The highest BCUT2D eigenvalue weighted by molar-refractivity contribution is 7.20. The number of nitrogens with zero attached hydrogens (tertiary/aromatic N) is 4. The highest BCUT2D eigenvalue weighted by Crippen LogP contribution is 2.31. The van der Waals surface area contributed by atoms with Crippen LogP contribution in [0.5, 0.6) is 5.19 Å². The Balaban J connectivity index is 1.39. The molecule has 1 saturated heterocycles. The lowest BCUT2D eigenvalue weighted by Gasteiger charge is -2.31. The monoisotopic (exact) mass is 374 g/mol. The van der Waals surface area contributed by atoms with Crippen LogP contribution >= 0.6 is 22.9 Å². The van der Waals surface area contributed by atoms with E-state index >= 15 is 0 Å². The predicted octanol–water partition coefficient (Wildman–Crippen LogP) is 3.45. The lowest BCUT2D eigenvalue weighted by Crippen LogP contribution is -2.41. The molecule has 0 atom stereocenters. The summed E-state index contributed by atoms with van der Waals surface area (Å²) in [5.41, 5.74) is 2.89. The zero-order valence-electron chi connectivity index (χ0n) is 14.1. The van der Waals surface area contributed by atoms with Crippen molar-refractivity contribution in [3.63, 3.8) is 0 Å². The van der Waals surface area contributed by atoms with Crippen molar-refractivity contribution in [3.8, 4) is 5.19 Å². The van der Waals surface area contributed by atoms with Crippen LogP contribution in [0.4, 0.5) is 0 Å². The van der Waals surface area contributed by atoms with Crippen molar-refractivity contribution in [1.29, 1.82) is 0 Å². The summed E-state index contributed by atoms with van der Waals surface area (Å²) in [6.07, 6.45) is 1.73. The van der Waals surface area contributed by atoms with Crippen LogP contribution in [0.25, 0.3) is 10.2 Å². The van der Waals surface area contributed by atoms with Gasteiger partial charge in [-0.3, -0.25) is 4.79 Å². The molecule has 0 bridgehead atoms. The van der Waals surface area contributed by atoms with Crippen molar-refractivity contribution in [1.82, 2.24) is 19.5 Å². The van der Waals surface area contributed by atoms with E-state index in [0.717, 1.165) is 33.8 Å². The Bertz CT molecular complexity index is 912. The molecule has 0 aliphatic carbocycles. The molecule has 1 aliphatic heterocycles. The van der Waals surface area contributed by atoms with Gasteiger partial charge in [-0.2, -0.15) is 0 Å². The zero-order chi connectivity index (χ0) is 17.4. The topological polar surface area (TPSA) is 68.2 Å². The maximum atomic E-state index is 12.5. The third-order valence-electron chi connectivity index (χ3n) is 4.44. The van der Waals surface area contributed by atoms with Crippen molar-refractivity contribution >= 4 is 39.0 Å². The fourth-order valence-corrected chi connectivity index (χ4v) is 4.59. The van der Waals surface area contributed by atoms with Crippen molar-refractivity contribution in [2.75, 3.05) is 13.1 Å². The fraction of sp³-hybridized carbons (Fsp3) is 0.412. The van der Waals surface area contributed by atoms with E-state index in [-0.39, 0.29) is 12.0 Å². The van der Waals surface area contributed by atoms with Gasteiger partial charge < -0.3 is 9.64 Å². The number of amides is 1. The lowest BCUT2D eigenvalue weighted by atomic mass is 10.1. The number of hydrogen-bond acceptors (Lipinski definition) is 7. The number of benzene rings is 1. The van der Waals surface area contributed by atoms with Crippen LogP contribution in [-0.2, 0) is 0 Å². The summed E-state index contributed by atoms with van der Waals surface area (Å²) >= 11 is 2.75. The van der Waals surface area contributed by atoms with Crippen LogP contribution < -0.4 is 4.74 Å². The molecule has 1 aliphatic rings. The van der Waals surface area contributed by atoms with E-state index in [4.69, 9.17) is 4.74 Å². The van der Waals surface area contributed by atoms with Crippen molar-refractivity contribution in [3.05, 3.63) is 34.3 Å². The minimum absolute atomic E-state index is 0.0292. The van der Waals surface area contributed by atoms with Gasteiger partial charge in [0.25, 0.3) is 11.1 Å². The predicted molar refractivity (Wildman–Crippen MR) is 98.6 cm³/mol. The molecule has 0 radical (unpaired) electrons. The molecule has 0 saturated carbocycles. The van der Waals surface area contributed by atoms with Gasteiger partial charge in [-0.15, -0.1) is 5.10 Å². The van der Waals surface area contributed by atoms with E-state index in [9.17, 15) is 4.79 Å². The second-order valence-electron chi connectivity index (χ2n) is 6.20. The number of carbonyl (C=O) groups is 1. The van der Waals surface area contributed by atoms with Gasteiger partial charge in [0.15, 0.2) is 0 Å². The third-order valence-corrected chi connectivity index (χ3v) is 6.17. The minimum atomic E-state index is 0.0292. The molecule has 130 valence electrons. The van der Waals surface area contributed by atoms with Crippen LogP contribution in [0.3, 0.4) is 0 Å². The summed E-state index contributed by atoms with van der Waals surface area (Å²) in [6.45, 7) is 5.25. The van der Waals surface area contributed by atoms with Gasteiger partial charge >= 0.3 is 0 Å². The molecule has 2 aromatic heterocycles. The Morgan fingerprint density at radius 1 is 1.28 bits per heavy atom. The Morgan fingerprint density at radius 3 is 2.76 bits per heavy atom. The third kappa shape index (κ3) is 3.23. The normalized spacial score (nSPS) is 15.7. The molecule has 8 heteroatoms. The van der Waals surface area contributed by atoms with E-state index in [1.165, 1.54) is 11.5 Å². The van der Waals surface area contributed by atoms with E-state index in [0.29, 0.717) is 23.7 Å². The molecule has 1 fully saturated rings. The highest BCUT2D eigenvalue weighted by Gasteiger charge is 2.27. The van der Waals surface area contributed by atoms with Crippen molar-refractivity contribution in [2.45, 2.75) is 32.8 Å². The number of rotatable bonds is 3. The van der Waals surface area contributed by atoms with E-state index in [2.05, 4.69) is 33.6 Å². The molecular formula is C17H18N4O2S2. The summed E-state index contributed by atoms with van der Waals surface area (Å²) in [4.78, 5) is 19.6. The van der Waals surface area contributed by atoms with E-state index < -0.39 is 0 Å². The van der Waals surface area contributed by atoms with E-state index in [1.54, 1.807) is 11.3 Å². The molecule has 0 unspecified atom stereocenters. The van der Waals surface area contributed by atoms with Gasteiger partial charge in [-0.05, 0) is 37.0 Å². The van der Waals surface area contributed by atoms with Crippen LogP contribution in [-0.4, -0.2) is 44.6 Å². The number of ether oxygens (including phenoxy) is 1. The maximum absolute atomic E-state index is 12.5. The van der Waals surface area contributed by atoms with Crippen molar-refractivity contribution in [2.24, 2.45) is 0 Å². The lowest BCUT2D eigenvalue weighted by molar-refractivity contribution is 0.0599. The first-order valence-corrected chi connectivity index (χ1v) is 9.82. The second kappa shape index (κ2) is 6.68. The summed E-state index contributed by atoms with van der Waals surface area (Å²) in [5.74, 6) is 0.0292. The van der Waals surface area contributed by atoms with E-state index in [1.807, 2.05) is 17.9 Å². The summed E-state index contributed by atoms with van der Waals surface area (Å²) in [5, 5.41) is 4.64. The first-order valence-electron chi connectivity index (χ1n) is 8.23. The molecule has 1 aromatic carbocycles. The number of likely N-dealkylation sites (tertiary alicyclic amines) is 1. The molecule has 4 rings (SSSR count). The summed E-state index contributed by atoms with van der Waals surface area (Å²) < 4.78 is 11.1. The quantitative estimate of drug-likeness (QED) is 0.702. The molecule has 3 aromatic rings. The standard InChI is InChI=1S/C17H18N4O2S2/c1-10-4-3-5-13-14(10)18-17(24-13)23-12-6-8-21(9-7-12)16(22)15-11(2)19-20-25-15/h3-5,12H,6-9H2,1-2H3. The molecule has 3 heterocycles. The summed E-state index contributed by atoms with van der Waals surface area (Å²) in [6, 6.07) is 6.17. The SMILES string of the molecule is Cc1nnsc1C(=O)N1CCC(Oc2nc3c(C)cccc3s2)CC1.